The third-order valence-corrected chi connectivity index (χ3v) is 11.8. The SMILES string of the molecule is [2H]OS(=O)(=O)O[C@H]1[C@H](OC(=O)c2ccc(OCCCCCCCCCC)c(OCCCCCCCCCC)c2)[C@@H](NC(=O)CCCCCCCCCCCCC)C(O)O[C@@H]1CO. The Morgan fingerprint density at radius 1 is 0.672 bits per heavy atom. The molecule has 0 aromatic heterocycles. The van der Waals surface area contributed by atoms with E-state index in [9.17, 15) is 28.2 Å². The number of unbranched alkanes of at least 4 members (excludes halogenated alkanes) is 24. The quantitative estimate of drug-likeness (QED) is 0.0279. The van der Waals surface area contributed by atoms with Gasteiger partial charge in [-0.15, -0.1) is 0 Å². The zero-order chi connectivity index (χ0) is 45.3. The van der Waals surface area contributed by atoms with Crippen LogP contribution in [0.4, 0.5) is 0 Å². The number of rotatable bonds is 39. The maximum Gasteiger partial charge on any atom is 0.397 e. The van der Waals surface area contributed by atoms with Crippen molar-refractivity contribution in [3.8, 4) is 11.5 Å². The Kier molecular flexibility index (Phi) is 29.4. The molecule has 4 N–H and O–H groups in total. The summed E-state index contributed by atoms with van der Waals surface area (Å²) in [5, 5.41) is 23.8. The standard InChI is InChI=1S/C47H83NO12S/c1-4-7-10-13-16-19-20-21-22-25-28-31-42(50)48-43-45(44(60-61(53,54)55)41(37-49)58-47(43)52)59-46(51)38-32-33-39(56-34-29-26-23-17-14-11-8-5-2)40(36-38)57-35-30-27-24-18-15-12-9-6-3/h32-33,36,41,43-45,47,49,52H,4-31,34-35,37H2,1-3H3,(H,48,50)(H,53,54,55)/t41-,43-,44-,45-,47?/m1/s1/i/hD. The van der Waals surface area contributed by atoms with Gasteiger partial charge in [-0.3, -0.25) is 9.35 Å². The third kappa shape index (κ3) is 24.8. The Balaban J connectivity index is 2.17. The van der Waals surface area contributed by atoms with E-state index in [-0.39, 0.29) is 12.0 Å². The van der Waals surface area contributed by atoms with E-state index in [0.717, 1.165) is 64.2 Å². The van der Waals surface area contributed by atoms with E-state index in [2.05, 4.69) is 30.6 Å². The molecule has 5 atom stereocenters. The second kappa shape index (κ2) is 34.0. The predicted octanol–water partition coefficient (Wildman–Crippen LogP) is 10.3. The van der Waals surface area contributed by atoms with Crippen LogP contribution in [0.1, 0.15) is 211 Å². The summed E-state index contributed by atoms with van der Waals surface area (Å²) < 4.78 is 64.2. The zero-order valence-electron chi connectivity index (χ0n) is 38.9. The third-order valence-electron chi connectivity index (χ3n) is 11.3. The minimum atomic E-state index is -5.00. The molecule has 1 aromatic rings. The Morgan fingerprint density at radius 2 is 1.13 bits per heavy atom. The molecular formula is C47H83NO12S. The van der Waals surface area contributed by atoms with Gasteiger partial charge in [0.05, 0.1) is 25.4 Å². The summed E-state index contributed by atoms with van der Waals surface area (Å²) in [4.78, 5) is 27.1. The molecule has 0 saturated carbocycles. The lowest BCUT2D eigenvalue weighted by molar-refractivity contribution is -0.248. The van der Waals surface area contributed by atoms with E-state index in [1.165, 1.54) is 115 Å². The molecular weight excluding hydrogens is 803 g/mol. The summed E-state index contributed by atoms with van der Waals surface area (Å²) in [5.41, 5.74) is 0.0290. The number of ether oxygens (including phenoxy) is 4. The minimum absolute atomic E-state index is 0.0290. The van der Waals surface area contributed by atoms with E-state index < -0.39 is 59.5 Å². The van der Waals surface area contributed by atoms with Crippen molar-refractivity contribution in [2.75, 3.05) is 19.8 Å². The van der Waals surface area contributed by atoms with Gasteiger partial charge < -0.3 is 34.5 Å². The number of aliphatic hydroxyl groups excluding tert-OH is 2. The number of nitrogens with one attached hydrogen (secondary N) is 1. The van der Waals surface area contributed by atoms with Crippen molar-refractivity contribution < 1.29 is 55.9 Å². The number of benzene rings is 1. The van der Waals surface area contributed by atoms with Crippen molar-refractivity contribution in [3.05, 3.63) is 23.8 Å². The predicted molar refractivity (Wildman–Crippen MR) is 239 cm³/mol. The average Bonchev–Trinajstić information content (AvgIpc) is 3.26. The molecule has 2 rings (SSSR count). The van der Waals surface area contributed by atoms with Gasteiger partial charge in [-0.1, -0.05) is 175 Å². The maximum absolute atomic E-state index is 13.9. The highest BCUT2D eigenvalue weighted by molar-refractivity contribution is 7.80. The zero-order valence-corrected chi connectivity index (χ0v) is 38.7. The van der Waals surface area contributed by atoms with Crippen LogP contribution in [-0.4, -0.2) is 85.5 Å². The second-order valence-electron chi connectivity index (χ2n) is 16.8. The molecule has 354 valence electrons. The van der Waals surface area contributed by atoms with Crippen molar-refractivity contribution >= 4 is 22.3 Å². The average molecular weight is 887 g/mol. The lowest BCUT2D eigenvalue weighted by Crippen LogP contribution is -2.66. The Morgan fingerprint density at radius 3 is 1.61 bits per heavy atom. The van der Waals surface area contributed by atoms with Gasteiger partial charge in [0.1, 0.15) is 18.2 Å². The molecule has 1 saturated heterocycles. The van der Waals surface area contributed by atoms with Crippen LogP contribution in [0.15, 0.2) is 18.2 Å². The molecule has 1 aromatic carbocycles. The van der Waals surface area contributed by atoms with Crippen LogP contribution in [-0.2, 0) is 28.9 Å². The highest BCUT2D eigenvalue weighted by Gasteiger charge is 2.50. The first-order chi connectivity index (χ1) is 30.1. The van der Waals surface area contributed by atoms with Crippen molar-refractivity contribution in [2.45, 2.75) is 231 Å². The summed E-state index contributed by atoms with van der Waals surface area (Å²) >= 11 is 0. The smallest absolute Gasteiger partial charge is 0.397 e. The van der Waals surface area contributed by atoms with Gasteiger partial charge in [0.15, 0.2) is 23.9 Å². The second-order valence-corrected chi connectivity index (χ2v) is 17.8. The topological polar surface area (TPSA) is 187 Å². The molecule has 0 bridgehead atoms. The van der Waals surface area contributed by atoms with Gasteiger partial charge in [0, 0.05) is 6.42 Å². The summed E-state index contributed by atoms with van der Waals surface area (Å²) in [6.07, 6.45) is 23.6. The fourth-order valence-electron chi connectivity index (χ4n) is 7.72. The first kappa shape index (κ1) is 52.9. The number of aliphatic hydroxyl groups is 2. The number of carbonyl (C=O) groups excluding carboxylic acids is 2. The van der Waals surface area contributed by atoms with Crippen molar-refractivity contribution in [1.82, 2.24) is 5.32 Å². The largest absolute Gasteiger partial charge is 0.490 e. The lowest BCUT2D eigenvalue weighted by atomic mass is 9.96. The first-order valence-corrected chi connectivity index (χ1v) is 25.4. The van der Waals surface area contributed by atoms with Crippen LogP contribution < -0.4 is 14.8 Å². The summed E-state index contributed by atoms with van der Waals surface area (Å²) in [6.45, 7) is 6.64. The van der Waals surface area contributed by atoms with Gasteiger partial charge >= 0.3 is 16.4 Å². The van der Waals surface area contributed by atoms with Crippen LogP contribution in [0.2, 0.25) is 0 Å². The van der Waals surface area contributed by atoms with Gasteiger partial charge in [0.25, 0.3) is 0 Å². The van der Waals surface area contributed by atoms with E-state index in [1.54, 1.807) is 6.07 Å². The highest BCUT2D eigenvalue weighted by atomic mass is 32.3. The van der Waals surface area contributed by atoms with Crippen molar-refractivity contribution in [1.29, 1.82) is 1.43 Å². The van der Waals surface area contributed by atoms with Crippen LogP contribution >= 0.6 is 0 Å². The van der Waals surface area contributed by atoms with Gasteiger partial charge in [-0.05, 0) is 37.5 Å². The van der Waals surface area contributed by atoms with Gasteiger partial charge in [-0.2, -0.15) is 8.42 Å². The molecule has 1 fully saturated rings. The van der Waals surface area contributed by atoms with E-state index in [0.29, 0.717) is 31.1 Å². The fourth-order valence-corrected chi connectivity index (χ4v) is 8.22. The summed E-state index contributed by atoms with van der Waals surface area (Å²) in [5.74, 6) is -0.616. The van der Waals surface area contributed by atoms with E-state index in [4.69, 9.17) is 24.6 Å². The van der Waals surface area contributed by atoms with E-state index in [1.807, 2.05) is 0 Å². The Hall–Kier alpha value is -2.49. The highest BCUT2D eigenvalue weighted by Crippen LogP contribution is 2.32. The van der Waals surface area contributed by atoms with Crippen LogP contribution in [0.3, 0.4) is 0 Å². The van der Waals surface area contributed by atoms with Crippen molar-refractivity contribution in [3.63, 3.8) is 0 Å². The molecule has 0 spiro atoms. The Labute approximate surface area is 370 Å². The van der Waals surface area contributed by atoms with Crippen LogP contribution in [0.5, 0.6) is 11.5 Å². The maximum atomic E-state index is 13.9. The summed E-state index contributed by atoms with van der Waals surface area (Å²) in [7, 11) is -5.00. The normalized spacial score (nSPS) is 19.4. The number of carbonyl (C=O) groups is 2. The van der Waals surface area contributed by atoms with Gasteiger partial charge in [0.2, 0.25) is 7.34 Å². The molecule has 1 amide bonds. The molecule has 0 radical (unpaired) electrons. The molecule has 61 heavy (non-hydrogen) atoms. The number of esters is 1. The molecule has 13 nitrogen and oxygen atoms in total. The van der Waals surface area contributed by atoms with Gasteiger partial charge in [-0.25, -0.2) is 8.98 Å². The molecule has 0 aliphatic carbocycles. The van der Waals surface area contributed by atoms with Crippen LogP contribution in [0.25, 0.3) is 1.43 Å². The molecule has 14 heteroatoms. The molecule has 1 heterocycles. The molecule has 1 aliphatic heterocycles. The van der Waals surface area contributed by atoms with Crippen molar-refractivity contribution in [2.24, 2.45) is 0 Å². The number of hydrogen-bond donors (Lipinski definition) is 4. The number of amides is 1. The Bertz CT molecular complexity index is 1420. The monoisotopic (exact) mass is 887 g/mol. The lowest BCUT2D eigenvalue weighted by Gasteiger charge is -2.43. The molecule has 1 unspecified atom stereocenters. The first-order valence-electron chi connectivity index (χ1n) is 24.4. The fraction of sp³-hybridized carbons (Fsp3) is 0.830. The summed E-state index contributed by atoms with van der Waals surface area (Å²) in [6, 6.07) is 3.11. The number of hydrogen-bond acceptors (Lipinski definition) is 12. The van der Waals surface area contributed by atoms with E-state index >= 15 is 0 Å². The van der Waals surface area contributed by atoms with Crippen LogP contribution in [0, 0.1) is 0 Å². The minimum Gasteiger partial charge on any atom is -0.490 e. The molecule has 1 aliphatic rings.